The molecule has 26 heavy (non-hydrogen) atoms. The third-order valence-corrected chi connectivity index (χ3v) is 4.44. The summed E-state index contributed by atoms with van der Waals surface area (Å²) in [6.45, 7) is 4.06. The van der Waals surface area contributed by atoms with Gasteiger partial charge in [0.25, 0.3) is 5.91 Å². The Kier molecular flexibility index (Phi) is 6.75. The second kappa shape index (κ2) is 8.81. The van der Waals surface area contributed by atoms with Gasteiger partial charge in [0.1, 0.15) is 11.9 Å². The number of carbonyl (C=O) groups excluding carboxylic acids is 2. The Morgan fingerprint density at radius 1 is 1.12 bits per heavy atom. The monoisotopic (exact) mass is 376 g/mol. The van der Waals surface area contributed by atoms with Gasteiger partial charge in [-0.2, -0.15) is 0 Å². The van der Waals surface area contributed by atoms with Gasteiger partial charge in [-0.25, -0.2) is 4.39 Å². The number of hydrogen-bond donors (Lipinski definition) is 1. The van der Waals surface area contributed by atoms with Crippen molar-refractivity contribution in [3.8, 4) is 0 Å². The van der Waals surface area contributed by atoms with Gasteiger partial charge in [-0.1, -0.05) is 43.6 Å². The summed E-state index contributed by atoms with van der Waals surface area (Å²) in [5.74, 6) is -1.16. The van der Waals surface area contributed by atoms with Crippen molar-refractivity contribution in [2.75, 3.05) is 7.05 Å². The number of carbonyl (C=O) groups is 2. The predicted octanol–water partition coefficient (Wildman–Crippen LogP) is 3.89. The molecule has 6 heteroatoms. The molecule has 0 aromatic heterocycles. The van der Waals surface area contributed by atoms with Crippen molar-refractivity contribution < 1.29 is 14.0 Å². The van der Waals surface area contributed by atoms with E-state index in [0.29, 0.717) is 17.1 Å². The second-order valence-electron chi connectivity index (χ2n) is 6.49. The Labute approximate surface area is 158 Å². The third-order valence-electron chi connectivity index (χ3n) is 4.07. The molecule has 0 fully saturated rings. The summed E-state index contributed by atoms with van der Waals surface area (Å²) in [7, 11) is 1.67. The molecule has 0 heterocycles. The van der Waals surface area contributed by atoms with Gasteiger partial charge in [0.15, 0.2) is 0 Å². The third kappa shape index (κ3) is 5.05. The number of amides is 2. The number of nitrogens with one attached hydrogen (secondary N) is 1. The molecule has 0 spiro atoms. The van der Waals surface area contributed by atoms with Crippen molar-refractivity contribution in [1.82, 2.24) is 10.2 Å². The summed E-state index contributed by atoms with van der Waals surface area (Å²) in [6, 6.07) is 11.8. The Morgan fingerprint density at radius 3 is 2.31 bits per heavy atom. The highest BCUT2D eigenvalue weighted by atomic mass is 35.5. The first-order valence-corrected chi connectivity index (χ1v) is 8.72. The van der Waals surface area contributed by atoms with E-state index in [2.05, 4.69) is 5.32 Å². The van der Waals surface area contributed by atoms with E-state index < -0.39 is 17.8 Å². The highest BCUT2D eigenvalue weighted by Gasteiger charge is 2.27. The average molecular weight is 377 g/mol. The molecule has 0 bridgehead atoms. The van der Waals surface area contributed by atoms with Crippen LogP contribution >= 0.6 is 11.6 Å². The lowest BCUT2D eigenvalue weighted by molar-refractivity contribution is -0.133. The van der Waals surface area contributed by atoms with E-state index in [0.717, 1.165) is 5.56 Å². The van der Waals surface area contributed by atoms with Gasteiger partial charge in [-0.15, -0.1) is 0 Å². The molecule has 0 radical (unpaired) electrons. The highest BCUT2D eigenvalue weighted by Crippen LogP contribution is 2.17. The van der Waals surface area contributed by atoms with Crippen molar-refractivity contribution in [1.29, 1.82) is 0 Å². The van der Waals surface area contributed by atoms with Crippen LogP contribution in [0, 0.1) is 11.7 Å². The molecule has 1 N–H and O–H groups in total. The van der Waals surface area contributed by atoms with Crippen molar-refractivity contribution in [2.45, 2.75) is 26.4 Å². The molecule has 0 aliphatic heterocycles. The first kappa shape index (κ1) is 19.9. The molecule has 0 saturated carbocycles. The van der Waals surface area contributed by atoms with E-state index in [9.17, 15) is 14.0 Å². The number of halogens is 2. The first-order chi connectivity index (χ1) is 12.3. The van der Waals surface area contributed by atoms with Crippen molar-refractivity contribution in [2.24, 2.45) is 5.92 Å². The first-order valence-electron chi connectivity index (χ1n) is 8.34. The van der Waals surface area contributed by atoms with Gasteiger partial charge in [0, 0.05) is 24.2 Å². The fourth-order valence-electron chi connectivity index (χ4n) is 2.54. The molecule has 0 aliphatic rings. The molecule has 138 valence electrons. The van der Waals surface area contributed by atoms with Crippen LogP contribution in [-0.4, -0.2) is 29.8 Å². The van der Waals surface area contributed by atoms with Gasteiger partial charge in [-0.3, -0.25) is 9.59 Å². The van der Waals surface area contributed by atoms with Crippen LogP contribution in [0.15, 0.2) is 48.5 Å². The molecule has 0 aliphatic carbocycles. The Morgan fingerprint density at radius 2 is 1.73 bits per heavy atom. The molecule has 0 saturated heterocycles. The average Bonchev–Trinajstić information content (AvgIpc) is 2.61. The zero-order valence-electron chi connectivity index (χ0n) is 15.0. The van der Waals surface area contributed by atoms with E-state index in [1.807, 2.05) is 32.0 Å². The van der Waals surface area contributed by atoms with Crippen LogP contribution in [0.1, 0.15) is 29.8 Å². The van der Waals surface area contributed by atoms with Gasteiger partial charge < -0.3 is 10.2 Å². The zero-order valence-corrected chi connectivity index (χ0v) is 15.8. The zero-order chi connectivity index (χ0) is 19.3. The largest absolute Gasteiger partial charge is 0.340 e. The van der Waals surface area contributed by atoms with Crippen molar-refractivity contribution in [3.05, 3.63) is 70.5 Å². The predicted molar refractivity (Wildman–Crippen MR) is 100 cm³/mol. The number of likely N-dealkylation sites (N-methyl/N-ethyl adjacent to an activating group) is 1. The lowest BCUT2D eigenvalue weighted by Crippen LogP contribution is -2.50. The summed E-state index contributed by atoms with van der Waals surface area (Å²) < 4.78 is 13.0. The van der Waals surface area contributed by atoms with Gasteiger partial charge in [-0.05, 0) is 41.8 Å². The normalized spacial score (nSPS) is 11.9. The second-order valence-corrected chi connectivity index (χ2v) is 6.89. The fraction of sp³-hybridized carbons (Fsp3) is 0.300. The topological polar surface area (TPSA) is 49.4 Å². The number of rotatable bonds is 6. The van der Waals surface area contributed by atoms with E-state index in [4.69, 9.17) is 11.6 Å². The summed E-state index contributed by atoms with van der Waals surface area (Å²) in [5.41, 5.74) is 1.14. The number of nitrogens with zero attached hydrogens (tertiary/aromatic N) is 1. The maximum absolute atomic E-state index is 13.0. The van der Waals surface area contributed by atoms with Crippen LogP contribution in [0.3, 0.4) is 0 Å². The minimum Gasteiger partial charge on any atom is -0.340 e. The Hall–Kier alpha value is -2.40. The van der Waals surface area contributed by atoms with Crippen LogP contribution in [0.25, 0.3) is 0 Å². The van der Waals surface area contributed by atoms with E-state index in [-0.39, 0.29) is 11.8 Å². The van der Waals surface area contributed by atoms with Crippen molar-refractivity contribution >= 4 is 23.4 Å². The highest BCUT2D eigenvalue weighted by molar-refractivity contribution is 6.31. The molecule has 1 unspecified atom stereocenters. The van der Waals surface area contributed by atoms with Gasteiger partial charge in [0.05, 0.1) is 0 Å². The van der Waals surface area contributed by atoms with Crippen LogP contribution in [0.5, 0.6) is 0 Å². The van der Waals surface area contributed by atoms with Crippen LogP contribution < -0.4 is 5.32 Å². The summed E-state index contributed by atoms with van der Waals surface area (Å²) in [6.07, 6.45) is 0. The molecule has 2 amide bonds. The number of hydrogen-bond acceptors (Lipinski definition) is 2. The van der Waals surface area contributed by atoms with Crippen LogP contribution in [0.2, 0.25) is 5.02 Å². The minimum absolute atomic E-state index is 0.111. The van der Waals surface area contributed by atoms with E-state index in [1.165, 1.54) is 29.2 Å². The molecule has 2 aromatic carbocycles. The lowest BCUT2D eigenvalue weighted by Gasteiger charge is -2.27. The molecule has 1 atom stereocenters. The minimum atomic E-state index is -0.694. The van der Waals surface area contributed by atoms with Crippen LogP contribution in [-0.2, 0) is 11.3 Å². The van der Waals surface area contributed by atoms with Gasteiger partial charge in [0.2, 0.25) is 5.91 Å². The standard InChI is InChI=1S/C20H22ClFN2O2/c1-13(2)18(23-19(25)14-8-10-16(22)11-9-14)20(26)24(3)12-15-6-4-5-7-17(15)21/h4-11,13,18H,12H2,1-3H3,(H,23,25). The fourth-order valence-corrected chi connectivity index (χ4v) is 2.73. The maximum atomic E-state index is 13.0. The Balaban J connectivity index is 2.10. The molecular formula is C20H22ClFN2O2. The van der Waals surface area contributed by atoms with Crippen LogP contribution in [0.4, 0.5) is 4.39 Å². The molecule has 4 nitrogen and oxygen atoms in total. The number of benzene rings is 2. The van der Waals surface area contributed by atoms with E-state index in [1.54, 1.807) is 13.1 Å². The summed E-state index contributed by atoms with van der Waals surface area (Å²) in [4.78, 5) is 26.8. The summed E-state index contributed by atoms with van der Waals surface area (Å²) >= 11 is 6.15. The molecular weight excluding hydrogens is 355 g/mol. The lowest BCUT2D eigenvalue weighted by atomic mass is 10.0. The quantitative estimate of drug-likeness (QED) is 0.831. The van der Waals surface area contributed by atoms with Crippen molar-refractivity contribution in [3.63, 3.8) is 0 Å². The Bertz CT molecular complexity index is 778. The van der Waals surface area contributed by atoms with Gasteiger partial charge >= 0.3 is 0 Å². The maximum Gasteiger partial charge on any atom is 0.251 e. The SMILES string of the molecule is CC(C)C(NC(=O)c1ccc(F)cc1)C(=O)N(C)Cc1ccccc1Cl. The van der Waals surface area contributed by atoms with E-state index >= 15 is 0 Å². The smallest absolute Gasteiger partial charge is 0.251 e. The summed E-state index contributed by atoms with van der Waals surface area (Å²) in [5, 5.41) is 3.33. The molecule has 2 rings (SSSR count). The molecule has 2 aromatic rings.